The van der Waals surface area contributed by atoms with Gasteiger partial charge in [0.05, 0.1) is 0 Å². The molecule has 0 saturated heterocycles. The topological polar surface area (TPSA) is 73.0 Å². The first-order chi connectivity index (χ1) is 12.2. The molecular weight excluding hydrogens is 336 g/mol. The minimum absolute atomic E-state index is 0.151. The summed E-state index contributed by atoms with van der Waals surface area (Å²) in [5, 5.41) is 12.6. The van der Waals surface area contributed by atoms with Crippen LogP contribution >= 0.6 is 11.8 Å². The van der Waals surface area contributed by atoms with Gasteiger partial charge in [0, 0.05) is 25.4 Å². The van der Waals surface area contributed by atoms with E-state index in [-0.39, 0.29) is 5.91 Å². The van der Waals surface area contributed by atoms with Crippen molar-refractivity contribution < 1.29 is 9.21 Å². The highest BCUT2D eigenvalue weighted by molar-refractivity contribution is 7.98. The summed E-state index contributed by atoms with van der Waals surface area (Å²) in [7, 11) is 0. The fourth-order valence-electron chi connectivity index (χ4n) is 3.37. The van der Waals surface area contributed by atoms with Gasteiger partial charge in [-0.05, 0) is 37.7 Å². The number of thioether (sulfide) groups is 1. The average Bonchev–Trinajstić information content (AvgIpc) is 3.38. The smallest absolute Gasteiger partial charge is 0.286 e. The van der Waals surface area contributed by atoms with E-state index in [1.807, 2.05) is 19.2 Å². The van der Waals surface area contributed by atoms with Crippen LogP contribution in [0.2, 0.25) is 0 Å². The summed E-state index contributed by atoms with van der Waals surface area (Å²) in [6, 6.07) is 4.12. The Kier molecular flexibility index (Phi) is 6.18. The fourth-order valence-corrected chi connectivity index (χ4v) is 3.95. The lowest BCUT2D eigenvalue weighted by atomic mass is 10.2. The molecule has 2 heterocycles. The molecule has 3 rings (SSSR count). The molecule has 7 heteroatoms. The van der Waals surface area contributed by atoms with Gasteiger partial charge < -0.3 is 14.3 Å². The monoisotopic (exact) mass is 362 g/mol. The van der Waals surface area contributed by atoms with Gasteiger partial charge >= 0.3 is 0 Å². The van der Waals surface area contributed by atoms with Gasteiger partial charge in [-0.25, -0.2) is 0 Å². The number of carbonyl (C=O) groups excluding carboxylic acids is 1. The second kappa shape index (κ2) is 8.56. The summed E-state index contributed by atoms with van der Waals surface area (Å²) >= 11 is 1.66. The number of furan rings is 1. The number of hydrogen-bond donors (Lipinski definition) is 1. The molecule has 2 aromatic heterocycles. The molecule has 1 amide bonds. The predicted molar refractivity (Wildman–Crippen MR) is 98.0 cm³/mol. The van der Waals surface area contributed by atoms with Gasteiger partial charge in [-0.15, -0.1) is 10.2 Å². The first-order valence-electron chi connectivity index (χ1n) is 9.07. The second-order valence-electron chi connectivity index (χ2n) is 6.39. The van der Waals surface area contributed by atoms with Crippen LogP contribution in [0, 0.1) is 0 Å². The third-order valence-electron chi connectivity index (χ3n) is 4.70. The Balaban J connectivity index is 1.52. The number of nitrogens with one attached hydrogen (secondary N) is 1. The van der Waals surface area contributed by atoms with E-state index >= 15 is 0 Å². The molecule has 1 fully saturated rings. The first kappa shape index (κ1) is 18.0. The lowest BCUT2D eigenvalue weighted by Gasteiger charge is -2.16. The minimum atomic E-state index is -0.151. The summed E-state index contributed by atoms with van der Waals surface area (Å²) in [5.74, 6) is 2.11. The molecular formula is C18H26N4O2S. The predicted octanol–water partition coefficient (Wildman–Crippen LogP) is 3.63. The molecule has 25 heavy (non-hydrogen) atoms. The summed E-state index contributed by atoms with van der Waals surface area (Å²) in [4.78, 5) is 12.1. The molecule has 136 valence electrons. The molecule has 1 aliphatic carbocycles. The van der Waals surface area contributed by atoms with Crippen molar-refractivity contribution in [1.29, 1.82) is 0 Å². The highest BCUT2D eigenvalue weighted by atomic mass is 32.2. The molecule has 0 radical (unpaired) electrons. The molecule has 0 atom stereocenters. The Morgan fingerprint density at radius 1 is 1.36 bits per heavy atom. The van der Waals surface area contributed by atoms with Crippen LogP contribution in [-0.2, 0) is 12.8 Å². The van der Waals surface area contributed by atoms with Crippen LogP contribution < -0.4 is 5.32 Å². The maximum Gasteiger partial charge on any atom is 0.286 e. The van der Waals surface area contributed by atoms with Gasteiger partial charge in [-0.1, -0.05) is 31.5 Å². The van der Waals surface area contributed by atoms with Crippen LogP contribution in [0.5, 0.6) is 0 Å². The molecule has 1 N–H and O–H groups in total. The first-order valence-corrected chi connectivity index (χ1v) is 10.3. The summed E-state index contributed by atoms with van der Waals surface area (Å²) in [6.07, 6.45) is 9.51. The third kappa shape index (κ3) is 4.26. The highest BCUT2D eigenvalue weighted by Gasteiger charge is 2.23. The van der Waals surface area contributed by atoms with E-state index in [1.165, 1.54) is 25.7 Å². The van der Waals surface area contributed by atoms with Crippen molar-refractivity contribution in [2.45, 2.75) is 63.1 Å². The van der Waals surface area contributed by atoms with E-state index in [1.54, 1.807) is 17.8 Å². The van der Waals surface area contributed by atoms with Gasteiger partial charge in [0.2, 0.25) is 0 Å². The van der Waals surface area contributed by atoms with Crippen LogP contribution in [-0.4, -0.2) is 33.5 Å². The lowest BCUT2D eigenvalue weighted by molar-refractivity contribution is 0.0923. The van der Waals surface area contributed by atoms with Gasteiger partial charge in [-0.3, -0.25) is 4.79 Å². The molecule has 1 saturated carbocycles. The molecule has 0 aromatic carbocycles. The van der Waals surface area contributed by atoms with Crippen molar-refractivity contribution in [2.75, 3.05) is 12.8 Å². The van der Waals surface area contributed by atoms with Crippen molar-refractivity contribution >= 4 is 17.7 Å². The highest BCUT2D eigenvalue weighted by Crippen LogP contribution is 2.33. The van der Waals surface area contributed by atoms with Gasteiger partial charge in [-0.2, -0.15) is 0 Å². The summed E-state index contributed by atoms with van der Waals surface area (Å²) < 4.78 is 7.79. The minimum Gasteiger partial charge on any atom is -0.456 e. The van der Waals surface area contributed by atoms with E-state index in [0.717, 1.165) is 36.0 Å². The Morgan fingerprint density at radius 3 is 2.84 bits per heavy atom. The van der Waals surface area contributed by atoms with Gasteiger partial charge in [0.25, 0.3) is 5.91 Å². The van der Waals surface area contributed by atoms with Crippen molar-refractivity contribution in [3.63, 3.8) is 0 Å². The average molecular weight is 362 g/mol. The Labute approximate surface area is 152 Å². The normalized spacial score (nSPS) is 15.0. The van der Waals surface area contributed by atoms with E-state index < -0.39 is 0 Å². The standard InChI is InChI=1S/C18H26N4O2S/c1-3-14-10-11-15(24-14)17(23)19-12-6-9-16-20-21-18(25-2)22(16)13-7-4-5-8-13/h10-11,13H,3-9,12H2,1-2H3,(H,19,23). The zero-order valence-electron chi connectivity index (χ0n) is 15.0. The van der Waals surface area contributed by atoms with Gasteiger partial charge in [0.1, 0.15) is 11.6 Å². The van der Waals surface area contributed by atoms with E-state index in [0.29, 0.717) is 18.3 Å². The quantitative estimate of drug-likeness (QED) is 0.573. The number of nitrogens with zero attached hydrogens (tertiary/aromatic N) is 3. The van der Waals surface area contributed by atoms with Crippen LogP contribution in [0.15, 0.2) is 21.7 Å². The van der Waals surface area contributed by atoms with E-state index in [2.05, 4.69) is 20.1 Å². The van der Waals surface area contributed by atoms with Crippen molar-refractivity contribution in [3.05, 3.63) is 29.5 Å². The second-order valence-corrected chi connectivity index (χ2v) is 7.16. The van der Waals surface area contributed by atoms with Crippen LogP contribution in [0.25, 0.3) is 0 Å². The maximum atomic E-state index is 12.1. The Hall–Kier alpha value is -1.76. The Bertz CT molecular complexity index is 704. The number of aryl methyl sites for hydroxylation is 2. The molecule has 1 aliphatic rings. The third-order valence-corrected chi connectivity index (χ3v) is 5.35. The van der Waals surface area contributed by atoms with Crippen LogP contribution in [0.1, 0.15) is 67.2 Å². The molecule has 0 spiro atoms. The van der Waals surface area contributed by atoms with E-state index in [9.17, 15) is 4.79 Å². The van der Waals surface area contributed by atoms with Crippen molar-refractivity contribution in [2.24, 2.45) is 0 Å². The maximum absolute atomic E-state index is 12.1. The molecule has 0 unspecified atom stereocenters. The molecule has 0 bridgehead atoms. The molecule has 0 aliphatic heterocycles. The number of rotatable bonds is 8. The summed E-state index contributed by atoms with van der Waals surface area (Å²) in [5.41, 5.74) is 0. The largest absolute Gasteiger partial charge is 0.456 e. The van der Waals surface area contributed by atoms with Gasteiger partial charge in [0.15, 0.2) is 10.9 Å². The fraction of sp³-hybridized carbons (Fsp3) is 0.611. The van der Waals surface area contributed by atoms with E-state index in [4.69, 9.17) is 4.42 Å². The zero-order valence-corrected chi connectivity index (χ0v) is 15.8. The molecule has 6 nitrogen and oxygen atoms in total. The number of hydrogen-bond acceptors (Lipinski definition) is 5. The van der Waals surface area contributed by atoms with Crippen LogP contribution in [0.3, 0.4) is 0 Å². The number of amides is 1. The lowest BCUT2D eigenvalue weighted by Crippen LogP contribution is -2.24. The number of carbonyl (C=O) groups is 1. The van der Waals surface area contributed by atoms with Crippen molar-refractivity contribution in [1.82, 2.24) is 20.1 Å². The number of aromatic nitrogens is 3. The molecule has 2 aromatic rings. The summed E-state index contributed by atoms with van der Waals surface area (Å²) in [6.45, 7) is 2.61. The van der Waals surface area contributed by atoms with Crippen molar-refractivity contribution in [3.8, 4) is 0 Å². The SMILES string of the molecule is CCc1ccc(C(=O)NCCCc2nnc(SC)n2C2CCCC2)o1. The van der Waals surface area contributed by atoms with Crippen LogP contribution in [0.4, 0.5) is 0 Å². The zero-order chi connectivity index (χ0) is 17.6. The Morgan fingerprint density at radius 2 is 2.16 bits per heavy atom.